The van der Waals surface area contributed by atoms with Gasteiger partial charge in [-0.15, -0.1) is 0 Å². The largest absolute Gasteiger partial charge is 0.481 e. The summed E-state index contributed by atoms with van der Waals surface area (Å²) in [6.07, 6.45) is 4.91. The Morgan fingerprint density at radius 2 is 2.40 bits per heavy atom. The van der Waals surface area contributed by atoms with Crippen molar-refractivity contribution in [1.82, 2.24) is 9.97 Å². The lowest BCUT2D eigenvalue weighted by Crippen LogP contribution is -2.22. The van der Waals surface area contributed by atoms with Gasteiger partial charge in [0.15, 0.2) is 6.29 Å². The van der Waals surface area contributed by atoms with Crippen LogP contribution in [0, 0.1) is 0 Å². The first kappa shape index (κ1) is 13.9. The Hall–Kier alpha value is -1.11. The maximum Gasteiger partial charge on any atom is 0.222 e. The molecule has 0 aliphatic carbocycles. The number of hydrogen-bond acceptors (Lipinski definition) is 4. The van der Waals surface area contributed by atoms with E-state index in [1.54, 1.807) is 13.3 Å². The molecule has 1 aliphatic heterocycles. The first-order valence-corrected chi connectivity index (χ1v) is 7.50. The summed E-state index contributed by atoms with van der Waals surface area (Å²) >= 11 is 3.49. The van der Waals surface area contributed by atoms with Gasteiger partial charge in [0.05, 0.1) is 29.1 Å². The monoisotopic (exact) mass is 340 g/mol. The van der Waals surface area contributed by atoms with E-state index in [1.165, 1.54) is 6.42 Å². The third kappa shape index (κ3) is 2.82. The minimum atomic E-state index is -0.0846. The molecule has 2 aromatic heterocycles. The third-order valence-electron chi connectivity index (χ3n) is 3.39. The standard InChI is InChI=1S/C14H17BrN2O3/c1-18-14-10-6-9(17-13(10)11(15)7-16-14)8-20-12-4-2-3-5-19-12/h6-7,12,17H,2-5,8H2,1H3. The van der Waals surface area contributed by atoms with Gasteiger partial charge in [-0.1, -0.05) is 0 Å². The van der Waals surface area contributed by atoms with Gasteiger partial charge in [-0.05, 0) is 41.3 Å². The van der Waals surface area contributed by atoms with Crippen LogP contribution in [-0.4, -0.2) is 30.0 Å². The van der Waals surface area contributed by atoms with Crippen LogP contribution in [0.1, 0.15) is 25.0 Å². The fraction of sp³-hybridized carbons (Fsp3) is 0.500. The number of rotatable bonds is 4. The molecule has 0 amide bonds. The molecule has 0 bridgehead atoms. The number of methoxy groups -OCH3 is 1. The van der Waals surface area contributed by atoms with Gasteiger partial charge in [-0.3, -0.25) is 0 Å². The van der Waals surface area contributed by atoms with E-state index in [0.717, 1.165) is 40.5 Å². The smallest absolute Gasteiger partial charge is 0.222 e. The maximum atomic E-state index is 5.78. The van der Waals surface area contributed by atoms with Crippen LogP contribution in [0.25, 0.3) is 10.9 Å². The van der Waals surface area contributed by atoms with Crippen molar-refractivity contribution in [2.24, 2.45) is 0 Å². The minimum absolute atomic E-state index is 0.0846. The highest BCUT2D eigenvalue weighted by Crippen LogP contribution is 2.30. The van der Waals surface area contributed by atoms with E-state index >= 15 is 0 Å². The molecule has 1 fully saturated rings. The van der Waals surface area contributed by atoms with E-state index in [2.05, 4.69) is 25.9 Å². The maximum absolute atomic E-state index is 5.78. The first-order chi connectivity index (χ1) is 9.78. The molecule has 1 atom stereocenters. The zero-order chi connectivity index (χ0) is 13.9. The van der Waals surface area contributed by atoms with E-state index in [0.29, 0.717) is 12.5 Å². The molecule has 2 aromatic rings. The molecule has 108 valence electrons. The van der Waals surface area contributed by atoms with Gasteiger partial charge in [0.1, 0.15) is 0 Å². The number of halogens is 1. The molecule has 3 heterocycles. The number of ether oxygens (including phenoxy) is 3. The number of pyridine rings is 1. The number of H-pyrrole nitrogens is 1. The summed E-state index contributed by atoms with van der Waals surface area (Å²) in [5.74, 6) is 0.611. The summed E-state index contributed by atoms with van der Waals surface area (Å²) in [7, 11) is 1.62. The van der Waals surface area contributed by atoms with Crippen LogP contribution >= 0.6 is 15.9 Å². The Morgan fingerprint density at radius 1 is 1.50 bits per heavy atom. The van der Waals surface area contributed by atoms with Crippen LogP contribution in [0.15, 0.2) is 16.7 Å². The number of hydrogen-bond donors (Lipinski definition) is 1. The molecule has 0 spiro atoms. The van der Waals surface area contributed by atoms with Crippen LogP contribution in [0.4, 0.5) is 0 Å². The summed E-state index contributed by atoms with van der Waals surface area (Å²) in [4.78, 5) is 7.56. The van der Waals surface area contributed by atoms with E-state index in [-0.39, 0.29) is 6.29 Å². The van der Waals surface area contributed by atoms with Crippen LogP contribution in [0.2, 0.25) is 0 Å². The SMILES string of the molecule is COc1ncc(Br)c2[nH]c(COC3CCCCO3)cc12. The Kier molecular flexibility index (Phi) is 4.24. The Labute approximate surface area is 125 Å². The molecule has 5 nitrogen and oxygen atoms in total. The number of nitrogens with zero attached hydrogens (tertiary/aromatic N) is 1. The number of fused-ring (bicyclic) bond motifs is 1. The molecule has 0 aromatic carbocycles. The zero-order valence-corrected chi connectivity index (χ0v) is 12.9. The predicted octanol–water partition coefficient (Wildman–Crippen LogP) is 3.38. The molecular weight excluding hydrogens is 324 g/mol. The van der Waals surface area contributed by atoms with Crippen LogP contribution in [0.5, 0.6) is 5.88 Å². The van der Waals surface area contributed by atoms with Gasteiger partial charge < -0.3 is 19.2 Å². The van der Waals surface area contributed by atoms with Crippen molar-refractivity contribution >= 4 is 26.8 Å². The summed E-state index contributed by atoms with van der Waals surface area (Å²) in [5, 5.41) is 0.949. The second-order valence-electron chi connectivity index (χ2n) is 4.81. The van der Waals surface area contributed by atoms with Crippen molar-refractivity contribution < 1.29 is 14.2 Å². The molecule has 3 rings (SSSR count). The van der Waals surface area contributed by atoms with Gasteiger partial charge in [0, 0.05) is 18.5 Å². The summed E-state index contributed by atoms with van der Waals surface area (Å²) < 4.78 is 17.5. The second kappa shape index (κ2) is 6.11. The minimum Gasteiger partial charge on any atom is -0.481 e. The lowest BCUT2D eigenvalue weighted by molar-refractivity contribution is -0.169. The van der Waals surface area contributed by atoms with Gasteiger partial charge in [-0.25, -0.2) is 4.98 Å². The van der Waals surface area contributed by atoms with Crippen LogP contribution in [-0.2, 0) is 16.1 Å². The highest BCUT2D eigenvalue weighted by Gasteiger charge is 2.15. The topological polar surface area (TPSA) is 56.4 Å². The molecular formula is C14H17BrN2O3. The Morgan fingerprint density at radius 3 is 3.15 bits per heavy atom. The first-order valence-electron chi connectivity index (χ1n) is 6.71. The Bertz CT molecular complexity index is 593. The van der Waals surface area contributed by atoms with Crippen molar-refractivity contribution in [3.8, 4) is 5.88 Å². The van der Waals surface area contributed by atoms with Gasteiger partial charge in [0.25, 0.3) is 0 Å². The molecule has 0 saturated carbocycles. The molecule has 1 unspecified atom stereocenters. The zero-order valence-electron chi connectivity index (χ0n) is 11.3. The average molecular weight is 341 g/mol. The highest BCUT2D eigenvalue weighted by molar-refractivity contribution is 9.10. The molecule has 1 saturated heterocycles. The molecule has 1 N–H and O–H groups in total. The Balaban J connectivity index is 1.76. The lowest BCUT2D eigenvalue weighted by Gasteiger charge is -2.22. The van der Waals surface area contributed by atoms with Crippen molar-refractivity contribution in [3.63, 3.8) is 0 Å². The van der Waals surface area contributed by atoms with E-state index in [1.807, 2.05) is 6.07 Å². The quantitative estimate of drug-likeness (QED) is 0.926. The fourth-order valence-electron chi connectivity index (χ4n) is 2.38. The average Bonchev–Trinajstić information content (AvgIpc) is 2.92. The van der Waals surface area contributed by atoms with Gasteiger partial charge in [0.2, 0.25) is 5.88 Å². The van der Waals surface area contributed by atoms with Gasteiger partial charge >= 0.3 is 0 Å². The van der Waals surface area contributed by atoms with Crippen molar-refractivity contribution in [1.29, 1.82) is 0 Å². The lowest BCUT2D eigenvalue weighted by atomic mass is 10.2. The molecule has 6 heteroatoms. The van der Waals surface area contributed by atoms with Crippen LogP contribution < -0.4 is 4.74 Å². The second-order valence-corrected chi connectivity index (χ2v) is 5.66. The van der Waals surface area contributed by atoms with Gasteiger partial charge in [-0.2, -0.15) is 0 Å². The molecule has 0 radical (unpaired) electrons. The number of nitrogens with one attached hydrogen (secondary N) is 1. The summed E-state index contributed by atoms with van der Waals surface area (Å²) in [6.45, 7) is 1.29. The molecule has 20 heavy (non-hydrogen) atoms. The highest BCUT2D eigenvalue weighted by atomic mass is 79.9. The van der Waals surface area contributed by atoms with E-state index in [4.69, 9.17) is 14.2 Å². The predicted molar refractivity (Wildman–Crippen MR) is 78.7 cm³/mol. The third-order valence-corrected chi connectivity index (χ3v) is 4.00. The van der Waals surface area contributed by atoms with Crippen molar-refractivity contribution in [2.75, 3.05) is 13.7 Å². The summed E-state index contributed by atoms with van der Waals surface area (Å²) in [6, 6.07) is 2.01. The van der Waals surface area contributed by atoms with Crippen molar-refractivity contribution in [3.05, 3.63) is 22.4 Å². The fourth-order valence-corrected chi connectivity index (χ4v) is 2.80. The number of aromatic amines is 1. The van der Waals surface area contributed by atoms with Crippen molar-refractivity contribution in [2.45, 2.75) is 32.2 Å². The normalized spacial score (nSPS) is 19.4. The molecule has 1 aliphatic rings. The number of aromatic nitrogens is 2. The van der Waals surface area contributed by atoms with E-state index < -0.39 is 0 Å². The van der Waals surface area contributed by atoms with E-state index in [9.17, 15) is 0 Å². The summed E-state index contributed by atoms with van der Waals surface area (Å²) in [5.41, 5.74) is 1.96. The van der Waals surface area contributed by atoms with Crippen LogP contribution in [0.3, 0.4) is 0 Å².